The van der Waals surface area contributed by atoms with Crippen molar-refractivity contribution in [2.24, 2.45) is 5.92 Å². The fraction of sp³-hybridized carbons (Fsp3) is 0.529. The van der Waals surface area contributed by atoms with Crippen LogP contribution in [0.2, 0.25) is 0 Å². The highest BCUT2D eigenvalue weighted by Crippen LogP contribution is 2.33. The molecule has 1 N–H and O–H groups in total. The van der Waals surface area contributed by atoms with E-state index in [4.69, 9.17) is 14.2 Å². The van der Waals surface area contributed by atoms with Crippen LogP contribution in [0, 0.1) is 5.92 Å². The maximum atomic E-state index is 12.4. The molecule has 2 saturated heterocycles. The largest absolute Gasteiger partial charge is 0.454 e. The van der Waals surface area contributed by atoms with Gasteiger partial charge in [-0.25, -0.2) is 0 Å². The molecule has 1 aromatic rings. The van der Waals surface area contributed by atoms with Gasteiger partial charge in [-0.05, 0) is 31.0 Å². The van der Waals surface area contributed by atoms with E-state index >= 15 is 0 Å². The van der Waals surface area contributed by atoms with Crippen LogP contribution >= 0.6 is 0 Å². The van der Waals surface area contributed by atoms with Gasteiger partial charge in [0.15, 0.2) is 11.5 Å². The molecule has 0 bridgehead atoms. The Balaban J connectivity index is 1.27. The monoisotopic (exact) mass is 332 g/mol. The maximum absolute atomic E-state index is 12.4. The molecule has 2 fully saturated rings. The third-order valence-corrected chi connectivity index (χ3v) is 4.69. The fourth-order valence-corrected chi connectivity index (χ4v) is 3.19. The number of carbonyl (C=O) groups excluding carboxylic acids is 2. The van der Waals surface area contributed by atoms with E-state index in [1.165, 1.54) is 0 Å². The van der Waals surface area contributed by atoms with E-state index in [2.05, 4.69) is 5.32 Å². The van der Waals surface area contributed by atoms with Crippen LogP contribution in [0.25, 0.3) is 0 Å². The van der Waals surface area contributed by atoms with Crippen LogP contribution in [0.3, 0.4) is 0 Å². The van der Waals surface area contributed by atoms with Gasteiger partial charge >= 0.3 is 0 Å². The highest BCUT2D eigenvalue weighted by Gasteiger charge is 2.36. The summed E-state index contributed by atoms with van der Waals surface area (Å²) in [5.74, 6) is 1.02. The smallest absolute Gasteiger partial charge is 0.254 e. The number of amides is 2. The Morgan fingerprint density at radius 1 is 1.21 bits per heavy atom. The van der Waals surface area contributed by atoms with Crippen molar-refractivity contribution in [2.45, 2.75) is 18.9 Å². The maximum Gasteiger partial charge on any atom is 0.254 e. The van der Waals surface area contributed by atoms with Crippen LogP contribution in [-0.2, 0) is 9.53 Å². The molecule has 0 aliphatic carbocycles. The van der Waals surface area contributed by atoms with Crippen molar-refractivity contribution in [3.05, 3.63) is 23.8 Å². The molecule has 0 saturated carbocycles. The molecule has 3 aliphatic rings. The van der Waals surface area contributed by atoms with Crippen molar-refractivity contribution in [2.75, 3.05) is 33.0 Å². The topological polar surface area (TPSA) is 77.1 Å². The summed E-state index contributed by atoms with van der Waals surface area (Å²) in [6.45, 7) is 2.42. The summed E-state index contributed by atoms with van der Waals surface area (Å²) in [7, 11) is 0. The third kappa shape index (κ3) is 2.91. The lowest BCUT2D eigenvalue weighted by Crippen LogP contribution is -2.56. The van der Waals surface area contributed by atoms with Crippen LogP contribution in [0.5, 0.6) is 11.5 Å². The zero-order chi connectivity index (χ0) is 16.5. The quantitative estimate of drug-likeness (QED) is 0.882. The second-order valence-electron chi connectivity index (χ2n) is 6.36. The van der Waals surface area contributed by atoms with Crippen LogP contribution < -0.4 is 14.8 Å². The van der Waals surface area contributed by atoms with Gasteiger partial charge in [-0.3, -0.25) is 9.59 Å². The number of benzene rings is 1. The zero-order valence-corrected chi connectivity index (χ0v) is 13.3. The lowest BCUT2D eigenvalue weighted by atomic mass is 9.97. The van der Waals surface area contributed by atoms with E-state index in [9.17, 15) is 9.59 Å². The number of nitrogens with one attached hydrogen (secondary N) is 1. The van der Waals surface area contributed by atoms with Gasteiger partial charge in [0, 0.05) is 31.8 Å². The van der Waals surface area contributed by atoms with Gasteiger partial charge in [-0.1, -0.05) is 0 Å². The van der Waals surface area contributed by atoms with Crippen molar-refractivity contribution in [1.82, 2.24) is 10.2 Å². The van der Waals surface area contributed by atoms with Gasteiger partial charge in [0.05, 0.1) is 12.0 Å². The minimum absolute atomic E-state index is 0.000219. The number of nitrogens with zero attached hydrogens (tertiary/aromatic N) is 1. The molecule has 0 radical (unpaired) electrons. The molecule has 1 atom stereocenters. The number of fused-ring (bicyclic) bond motifs is 1. The molecule has 2 amide bonds. The predicted octanol–water partition coefficient (Wildman–Crippen LogP) is 0.782. The van der Waals surface area contributed by atoms with Crippen LogP contribution in [0.15, 0.2) is 18.2 Å². The lowest BCUT2D eigenvalue weighted by molar-refractivity contribution is -0.129. The highest BCUT2D eigenvalue weighted by molar-refractivity contribution is 5.96. The molecule has 3 aliphatic heterocycles. The number of carbonyl (C=O) groups is 2. The molecule has 0 spiro atoms. The Hall–Kier alpha value is -2.28. The van der Waals surface area contributed by atoms with Crippen molar-refractivity contribution in [3.63, 3.8) is 0 Å². The second-order valence-corrected chi connectivity index (χ2v) is 6.36. The van der Waals surface area contributed by atoms with E-state index in [0.29, 0.717) is 36.7 Å². The number of rotatable bonds is 4. The zero-order valence-electron chi connectivity index (χ0n) is 13.3. The molecule has 128 valence electrons. The molecular formula is C17H20N2O5. The number of ether oxygens (including phenoxy) is 3. The highest BCUT2D eigenvalue weighted by atomic mass is 16.7. The van der Waals surface area contributed by atoms with E-state index in [0.717, 1.165) is 19.4 Å². The Kier molecular flexibility index (Phi) is 4.02. The summed E-state index contributed by atoms with van der Waals surface area (Å²) in [4.78, 5) is 26.2. The first kappa shape index (κ1) is 15.3. The van der Waals surface area contributed by atoms with Gasteiger partial charge < -0.3 is 24.4 Å². The molecule has 24 heavy (non-hydrogen) atoms. The minimum atomic E-state index is -0.135. The van der Waals surface area contributed by atoms with Crippen molar-refractivity contribution >= 4 is 11.8 Å². The summed E-state index contributed by atoms with van der Waals surface area (Å²) in [6.07, 6.45) is 2.20. The summed E-state index contributed by atoms with van der Waals surface area (Å²) in [6, 6.07) is 5.15. The minimum Gasteiger partial charge on any atom is -0.454 e. The summed E-state index contributed by atoms with van der Waals surface area (Å²) in [5, 5.41) is 2.92. The molecule has 0 unspecified atom stereocenters. The fourth-order valence-electron chi connectivity index (χ4n) is 3.19. The summed E-state index contributed by atoms with van der Waals surface area (Å²) in [5.41, 5.74) is 0.553. The molecule has 3 heterocycles. The lowest BCUT2D eigenvalue weighted by Gasteiger charge is -2.38. The Bertz CT molecular complexity index is 650. The van der Waals surface area contributed by atoms with Crippen LogP contribution in [-0.4, -0.2) is 55.9 Å². The van der Waals surface area contributed by atoms with Gasteiger partial charge in [0.2, 0.25) is 12.7 Å². The first-order valence-corrected chi connectivity index (χ1v) is 8.29. The third-order valence-electron chi connectivity index (χ3n) is 4.69. The van der Waals surface area contributed by atoms with Crippen LogP contribution in [0.4, 0.5) is 0 Å². The molecule has 0 aromatic heterocycles. The normalized spacial score (nSPS) is 22.3. The number of hydrogen-bond donors (Lipinski definition) is 1. The first-order valence-electron chi connectivity index (χ1n) is 8.29. The second kappa shape index (κ2) is 6.32. The average molecular weight is 332 g/mol. The standard InChI is InChI=1S/C17H20N2O5/c20-16(18-7-13-2-1-5-22-13)12-8-19(9-12)17(21)11-3-4-14-15(6-11)24-10-23-14/h3-4,6,12-13H,1-2,5,7-10H2,(H,18,20)/t13-/m0/s1. The van der Waals surface area contributed by atoms with E-state index in [-0.39, 0.29) is 30.6 Å². The number of hydrogen-bond acceptors (Lipinski definition) is 5. The summed E-state index contributed by atoms with van der Waals surface area (Å²) >= 11 is 0. The molecule has 1 aromatic carbocycles. The van der Waals surface area contributed by atoms with E-state index in [1.54, 1.807) is 23.1 Å². The molecule has 4 rings (SSSR count). The van der Waals surface area contributed by atoms with Crippen molar-refractivity contribution < 1.29 is 23.8 Å². The van der Waals surface area contributed by atoms with Crippen molar-refractivity contribution in [3.8, 4) is 11.5 Å². The van der Waals surface area contributed by atoms with Gasteiger partial charge in [-0.15, -0.1) is 0 Å². The number of likely N-dealkylation sites (tertiary alicyclic amines) is 1. The van der Waals surface area contributed by atoms with Gasteiger partial charge in [-0.2, -0.15) is 0 Å². The Morgan fingerprint density at radius 3 is 2.83 bits per heavy atom. The van der Waals surface area contributed by atoms with Crippen LogP contribution in [0.1, 0.15) is 23.2 Å². The molecule has 7 nitrogen and oxygen atoms in total. The Labute approximate surface area is 139 Å². The predicted molar refractivity (Wildman–Crippen MR) is 83.9 cm³/mol. The SMILES string of the molecule is O=C(NC[C@@H]1CCCO1)C1CN(C(=O)c2ccc3c(c2)OCO3)C1. The molecule has 7 heteroatoms. The molecular weight excluding hydrogens is 312 g/mol. The van der Waals surface area contributed by atoms with Crippen molar-refractivity contribution in [1.29, 1.82) is 0 Å². The summed E-state index contributed by atoms with van der Waals surface area (Å²) < 4.78 is 16.0. The average Bonchev–Trinajstić information content (AvgIpc) is 3.21. The van der Waals surface area contributed by atoms with Gasteiger partial charge in [0.1, 0.15) is 0 Å². The van der Waals surface area contributed by atoms with E-state index in [1.807, 2.05) is 0 Å². The Morgan fingerprint density at radius 2 is 2.04 bits per heavy atom. The van der Waals surface area contributed by atoms with E-state index < -0.39 is 0 Å². The van der Waals surface area contributed by atoms with Gasteiger partial charge in [0.25, 0.3) is 5.91 Å². The first-order chi connectivity index (χ1) is 11.7.